The molecule has 1 aliphatic carbocycles. The Morgan fingerprint density at radius 3 is 1.94 bits per heavy atom. The van der Waals surface area contributed by atoms with E-state index in [1.54, 1.807) is 12.1 Å². The second kappa shape index (κ2) is 11.5. The number of hydrogen-bond donors (Lipinski definition) is 0. The number of aryl methyl sites for hydroxylation is 1. The molecule has 1 atom stereocenters. The van der Waals surface area contributed by atoms with Crippen LogP contribution in [0, 0.1) is 6.92 Å². The van der Waals surface area contributed by atoms with Gasteiger partial charge in [0, 0.05) is 15.9 Å². The quantitative estimate of drug-likeness (QED) is 0.269. The highest BCUT2D eigenvalue weighted by Gasteiger charge is 2.46. The summed E-state index contributed by atoms with van der Waals surface area (Å²) in [6, 6.07) is 17.2. The fourth-order valence-corrected chi connectivity index (χ4v) is 10.3. The van der Waals surface area contributed by atoms with Gasteiger partial charge in [-0.2, -0.15) is 8.42 Å². The summed E-state index contributed by atoms with van der Waals surface area (Å²) in [6.07, 6.45) is 12.0. The Morgan fingerprint density at radius 2 is 1.35 bits per heavy atom. The third kappa shape index (κ3) is 6.84. The van der Waals surface area contributed by atoms with Gasteiger partial charge in [-0.05, 0) is 50.5 Å². The van der Waals surface area contributed by atoms with Gasteiger partial charge in [-0.1, -0.05) is 98.1 Å². The Labute approximate surface area is 191 Å². The third-order valence-electron chi connectivity index (χ3n) is 6.03. The standard InChI is InChI=1S/C26H38O3S2/c1-3-4-5-6-7-8-9-13-22-30(25-20-21-25,24-14-11-10-12-15-24)29-31(27,28)26-18-16-23(2)17-19-26/h10-12,14-19,25H,3-9,13,20-22H2,1-2H3. The lowest BCUT2D eigenvalue weighted by Gasteiger charge is -2.39. The molecule has 1 fully saturated rings. The largest absolute Gasteiger partial charge is 0.306 e. The van der Waals surface area contributed by atoms with Crippen LogP contribution >= 0.6 is 10.3 Å². The summed E-state index contributed by atoms with van der Waals surface area (Å²) in [4.78, 5) is 1.35. The molecule has 0 spiro atoms. The Balaban J connectivity index is 1.74. The monoisotopic (exact) mass is 462 g/mol. The van der Waals surface area contributed by atoms with Crippen molar-refractivity contribution in [1.82, 2.24) is 0 Å². The summed E-state index contributed by atoms with van der Waals surface area (Å²) in [5.41, 5.74) is 1.04. The molecule has 5 heteroatoms. The van der Waals surface area contributed by atoms with E-state index in [-0.39, 0.29) is 4.90 Å². The molecule has 0 aliphatic heterocycles. The van der Waals surface area contributed by atoms with Gasteiger partial charge in [0.15, 0.2) is 0 Å². The van der Waals surface area contributed by atoms with E-state index in [9.17, 15) is 8.42 Å². The Bertz CT molecular complexity index is 890. The fourth-order valence-electron chi connectivity index (χ4n) is 4.06. The van der Waals surface area contributed by atoms with Gasteiger partial charge in [0.1, 0.15) is 0 Å². The average Bonchev–Trinajstić information content (AvgIpc) is 3.61. The van der Waals surface area contributed by atoms with Crippen LogP contribution in [0.15, 0.2) is 64.4 Å². The minimum atomic E-state index is -3.81. The van der Waals surface area contributed by atoms with Gasteiger partial charge in [0.05, 0.1) is 4.90 Å². The topological polar surface area (TPSA) is 43.4 Å². The average molecular weight is 463 g/mol. The van der Waals surface area contributed by atoms with E-state index >= 15 is 0 Å². The van der Waals surface area contributed by atoms with Gasteiger partial charge in [-0.3, -0.25) is 0 Å². The van der Waals surface area contributed by atoms with Crippen LogP contribution in [0.25, 0.3) is 0 Å². The predicted octanol–water partition coefficient (Wildman–Crippen LogP) is 7.78. The molecule has 0 aromatic heterocycles. The van der Waals surface area contributed by atoms with Crippen molar-refractivity contribution in [2.24, 2.45) is 0 Å². The first-order chi connectivity index (χ1) is 15.0. The van der Waals surface area contributed by atoms with Crippen molar-refractivity contribution in [2.45, 2.75) is 93.1 Å². The van der Waals surface area contributed by atoms with Gasteiger partial charge in [-0.15, -0.1) is 0 Å². The molecule has 2 aromatic carbocycles. The number of benzene rings is 2. The van der Waals surface area contributed by atoms with E-state index in [1.807, 2.05) is 37.3 Å². The van der Waals surface area contributed by atoms with Crippen molar-refractivity contribution in [1.29, 1.82) is 0 Å². The molecule has 0 amide bonds. The van der Waals surface area contributed by atoms with E-state index in [0.717, 1.165) is 41.9 Å². The number of unbranched alkanes of at least 4 members (excludes halogenated alkanes) is 7. The van der Waals surface area contributed by atoms with E-state index < -0.39 is 20.4 Å². The van der Waals surface area contributed by atoms with Gasteiger partial charge >= 0.3 is 10.1 Å². The summed E-state index contributed by atoms with van der Waals surface area (Å²) in [5.74, 6) is 0.835. The molecule has 31 heavy (non-hydrogen) atoms. The van der Waals surface area contributed by atoms with Crippen LogP contribution in [0.4, 0.5) is 0 Å². The molecular weight excluding hydrogens is 424 g/mol. The molecule has 1 aliphatic rings. The third-order valence-corrected chi connectivity index (χ3v) is 12.1. The van der Waals surface area contributed by atoms with E-state index in [0.29, 0.717) is 5.25 Å². The molecule has 3 nitrogen and oxygen atoms in total. The lowest BCUT2D eigenvalue weighted by atomic mass is 10.1. The Hall–Kier alpha value is -1.30. The molecule has 1 unspecified atom stereocenters. The molecule has 0 N–H and O–H groups in total. The molecule has 1 saturated carbocycles. The summed E-state index contributed by atoms with van der Waals surface area (Å²) in [6.45, 7) is 4.21. The van der Waals surface area contributed by atoms with Crippen LogP contribution in [0.5, 0.6) is 0 Å². The van der Waals surface area contributed by atoms with Crippen LogP contribution in [0.1, 0.15) is 76.7 Å². The zero-order chi connectivity index (χ0) is 22.2. The highest BCUT2D eigenvalue weighted by Crippen LogP contribution is 2.69. The summed E-state index contributed by atoms with van der Waals surface area (Å²) in [7, 11) is -5.69. The SMILES string of the molecule is CCCCCCCCCCS(OS(=O)(=O)c1ccc(C)cc1)(c1ccccc1)C1CC1. The van der Waals surface area contributed by atoms with Crippen molar-refractivity contribution >= 4 is 20.4 Å². The first-order valence-electron chi connectivity index (χ1n) is 11.9. The second-order valence-electron chi connectivity index (χ2n) is 8.75. The van der Waals surface area contributed by atoms with E-state index in [1.165, 1.54) is 38.5 Å². The summed E-state index contributed by atoms with van der Waals surface area (Å²) in [5, 5.41) is 0.347. The minimum absolute atomic E-state index is 0.266. The van der Waals surface area contributed by atoms with Gasteiger partial charge in [-0.25, -0.2) is 3.63 Å². The zero-order valence-corrected chi connectivity index (χ0v) is 20.7. The molecular formula is C26H38O3S2. The van der Waals surface area contributed by atoms with Crippen molar-refractivity contribution in [3.05, 3.63) is 60.2 Å². The maximum absolute atomic E-state index is 13.3. The van der Waals surface area contributed by atoms with Gasteiger partial charge in [0.2, 0.25) is 0 Å². The highest BCUT2D eigenvalue weighted by molar-refractivity contribution is 8.33. The van der Waals surface area contributed by atoms with Crippen molar-refractivity contribution in [3.8, 4) is 0 Å². The lowest BCUT2D eigenvalue weighted by Crippen LogP contribution is -2.19. The van der Waals surface area contributed by atoms with Gasteiger partial charge in [0.25, 0.3) is 0 Å². The predicted molar refractivity (Wildman–Crippen MR) is 132 cm³/mol. The van der Waals surface area contributed by atoms with Crippen molar-refractivity contribution in [3.63, 3.8) is 0 Å². The summed E-state index contributed by atoms with van der Waals surface area (Å²) < 4.78 is 32.9. The van der Waals surface area contributed by atoms with Crippen LogP contribution in [0.2, 0.25) is 0 Å². The van der Waals surface area contributed by atoms with Crippen LogP contribution in [-0.4, -0.2) is 19.4 Å². The Morgan fingerprint density at radius 1 is 0.774 bits per heavy atom. The molecule has 3 rings (SSSR count). The Kier molecular flexibility index (Phi) is 9.06. The molecule has 0 saturated heterocycles. The zero-order valence-electron chi connectivity index (χ0n) is 19.1. The second-order valence-corrected chi connectivity index (χ2v) is 13.7. The first-order valence-corrected chi connectivity index (χ1v) is 15.1. The first kappa shape index (κ1) is 24.3. The van der Waals surface area contributed by atoms with E-state index in [2.05, 4.69) is 19.1 Å². The van der Waals surface area contributed by atoms with Crippen LogP contribution in [-0.2, 0) is 13.7 Å². The maximum atomic E-state index is 13.3. The fraction of sp³-hybridized carbons (Fsp3) is 0.538. The molecule has 0 bridgehead atoms. The van der Waals surface area contributed by atoms with Crippen molar-refractivity contribution < 1.29 is 12.0 Å². The lowest BCUT2D eigenvalue weighted by molar-refractivity contribution is 0.506. The number of hydrogen-bond acceptors (Lipinski definition) is 3. The van der Waals surface area contributed by atoms with Crippen LogP contribution in [0.3, 0.4) is 0 Å². The van der Waals surface area contributed by atoms with Gasteiger partial charge < -0.3 is 0 Å². The molecule has 172 valence electrons. The van der Waals surface area contributed by atoms with Crippen LogP contribution < -0.4 is 0 Å². The normalized spacial score (nSPS) is 17.2. The molecule has 2 aromatic rings. The maximum Gasteiger partial charge on any atom is 0.306 e. The smallest absolute Gasteiger partial charge is 0.212 e. The summed E-state index contributed by atoms with van der Waals surface area (Å²) >= 11 is 0. The number of rotatable bonds is 14. The minimum Gasteiger partial charge on any atom is -0.212 e. The van der Waals surface area contributed by atoms with E-state index in [4.69, 9.17) is 3.63 Å². The molecule has 0 heterocycles. The highest BCUT2D eigenvalue weighted by atomic mass is 32.3. The molecule has 0 radical (unpaired) electrons. The van der Waals surface area contributed by atoms with Crippen molar-refractivity contribution in [2.75, 3.05) is 5.75 Å².